The van der Waals surface area contributed by atoms with E-state index in [0.717, 1.165) is 24.0 Å². The van der Waals surface area contributed by atoms with Crippen molar-refractivity contribution in [2.75, 3.05) is 25.5 Å². The Bertz CT molecular complexity index is 978. The van der Waals surface area contributed by atoms with E-state index in [1.54, 1.807) is 16.6 Å². The molecule has 2 unspecified atom stereocenters. The highest BCUT2D eigenvalue weighted by molar-refractivity contribution is 5.76. The normalized spacial score (nSPS) is 20.4. The molecule has 8 nitrogen and oxygen atoms in total. The molecule has 4 rings (SSSR count). The van der Waals surface area contributed by atoms with Crippen molar-refractivity contribution in [1.29, 1.82) is 0 Å². The number of methoxy groups -OCH3 is 1. The number of piperidine rings is 1. The molecule has 0 saturated carbocycles. The van der Waals surface area contributed by atoms with E-state index >= 15 is 0 Å². The van der Waals surface area contributed by atoms with E-state index < -0.39 is 11.9 Å². The Kier molecular flexibility index (Phi) is 5.12. The summed E-state index contributed by atoms with van der Waals surface area (Å²) >= 11 is 0. The molecule has 1 fully saturated rings. The number of anilines is 2. The summed E-state index contributed by atoms with van der Waals surface area (Å²) in [5.41, 5.74) is 8.42. The molecular weight excluding hydrogens is 363 g/mol. The fourth-order valence-corrected chi connectivity index (χ4v) is 3.51. The van der Waals surface area contributed by atoms with Gasteiger partial charge in [0.2, 0.25) is 0 Å². The molecule has 28 heavy (non-hydrogen) atoms. The third-order valence-electron chi connectivity index (χ3n) is 5.06. The number of nitrogens with one attached hydrogen (secondary N) is 1. The van der Waals surface area contributed by atoms with Crippen LogP contribution >= 0.6 is 0 Å². The minimum absolute atomic E-state index is 0.157. The molecule has 9 heteroatoms. The molecule has 1 aliphatic rings. The van der Waals surface area contributed by atoms with Crippen molar-refractivity contribution in [3.8, 4) is 5.75 Å². The van der Waals surface area contributed by atoms with Crippen LogP contribution in [-0.4, -0.2) is 56.9 Å². The average Bonchev–Trinajstić information content (AvgIpc) is 3.10. The third kappa shape index (κ3) is 3.64. The van der Waals surface area contributed by atoms with Crippen LogP contribution < -0.4 is 15.8 Å². The van der Waals surface area contributed by atoms with E-state index in [0.29, 0.717) is 24.6 Å². The number of ether oxygens (including phenoxy) is 1. The topological polar surface area (TPSA) is 101 Å². The van der Waals surface area contributed by atoms with Crippen LogP contribution in [0.1, 0.15) is 12.0 Å². The molecule has 2 atom stereocenters. The summed E-state index contributed by atoms with van der Waals surface area (Å²) in [4.78, 5) is 6.54. The molecule has 0 bridgehead atoms. The Morgan fingerprint density at radius 1 is 1.39 bits per heavy atom. The number of hydrogen-bond acceptors (Lipinski definition) is 7. The van der Waals surface area contributed by atoms with Crippen molar-refractivity contribution in [1.82, 2.24) is 19.5 Å². The van der Waals surface area contributed by atoms with Gasteiger partial charge in [0, 0.05) is 43.6 Å². The molecule has 148 valence electrons. The maximum absolute atomic E-state index is 13.7. The van der Waals surface area contributed by atoms with Gasteiger partial charge in [-0.15, -0.1) is 0 Å². The number of benzene rings is 1. The number of aromatic nitrogens is 3. The summed E-state index contributed by atoms with van der Waals surface area (Å²) in [7, 11) is 1.43. The van der Waals surface area contributed by atoms with Gasteiger partial charge in [-0.2, -0.15) is 5.10 Å². The molecular formula is C19H23FN6O2. The summed E-state index contributed by atoms with van der Waals surface area (Å²) in [6, 6.07) is 6.37. The second kappa shape index (κ2) is 7.70. The number of hydrogen-bond donors (Lipinski definition) is 3. The minimum atomic E-state index is -0.525. The van der Waals surface area contributed by atoms with Crippen molar-refractivity contribution in [2.24, 2.45) is 5.73 Å². The summed E-state index contributed by atoms with van der Waals surface area (Å²) in [5.74, 6) is 0.341. The number of likely N-dealkylation sites (tertiary alicyclic amines) is 1. The van der Waals surface area contributed by atoms with Crippen molar-refractivity contribution in [3.63, 3.8) is 0 Å². The number of β-amino-alcohol motifs (C(OH)–C–C–N with tert-alkyl or cyclic N) is 1. The van der Waals surface area contributed by atoms with Crippen LogP contribution in [0.5, 0.6) is 5.75 Å². The number of rotatable bonds is 5. The van der Waals surface area contributed by atoms with Crippen LogP contribution in [0, 0.1) is 5.82 Å². The number of aliphatic hydroxyl groups is 1. The van der Waals surface area contributed by atoms with Gasteiger partial charge >= 0.3 is 0 Å². The third-order valence-corrected chi connectivity index (χ3v) is 5.06. The van der Waals surface area contributed by atoms with Crippen molar-refractivity contribution in [2.45, 2.75) is 25.1 Å². The number of nitrogens with two attached hydrogens (primary N) is 1. The lowest BCUT2D eigenvalue weighted by atomic mass is 10.0. The molecule has 4 N–H and O–H groups in total. The first-order valence-corrected chi connectivity index (χ1v) is 9.13. The predicted molar refractivity (Wildman–Crippen MR) is 103 cm³/mol. The summed E-state index contributed by atoms with van der Waals surface area (Å²) < 4.78 is 20.5. The maximum atomic E-state index is 13.7. The molecule has 1 saturated heterocycles. The quantitative estimate of drug-likeness (QED) is 0.611. The van der Waals surface area contributed by atoms with Crippen LogP contribution in [0.2, 0.25) is 0 Å². The smallest absolute Gasteiger partial charge is 0.165 e. The Morgan fingerprint density at radius 2 is 2.25 bits per heavy atom. The molecule has 3 aromatic rings. The first kappa shape index (κ1) is 18.6. The lowest BCUT2D eigenvalue weighted by molar-refractivity contribution is 0.0501. The molecule has 0 radical (unpaired) electrons. The molecule has 2 aromatic heterocycles. The largest absolute Gasteiger partial charge is 0.494 e. The van der Waals surface area contributed by atoms with Crippen LogP contribution in [0.4, 0.5) is 15.9 Å². The number of nitrogens with zero attached hydrogens (tertiary/aromatic N) is 4. The van der Waals surface area contributed by atoms with Gasteiger partial charge in [0.15, 0.2) is 17.4 Å². The number of halogens is 1. The van der Waals surface area contributed by atoms with Crippen LogP contribution in [-0.2, 0) is 6.54 Å². The Morgan fingerprint density at radius 3 is 3.04 bits per heavy atom. The predicted octanol–water partition coefficient (Wildman–Crippen LogP) is 1.51. The fourth-order valence-electron chi connectivity index (χ4n) is 3.51. The molecule has 0 aliphatic carbocycles. The van der Waals surface area contributed by atoms with Crippen LogP contribution in [0.25, 0.3) is 5.52 Å². The zero-order valence-electron chi connectivity index (χ0n) is 15.5. The highest BCUT2D eigenvalue weighted by atomic mass is 19.1. The van der Waals surface area contributed by atoms with Gasteiger partial charge in [0.1, 0.15) is 11.8 Å². The van der Waals surface area contributed by atoms with Crippen molar-refractivity contribution < 1.29 is 14.2 Å². The van der Waals surface area contributed by atoms with E-state index in [-0.39, 0.29) is 11.8 Å². The monoisotopic (exact) mass is 386 g/mol. The molecule has 1 aromatic carbocycles. The van der Waals surface area contributed by atoms with Gasteiger partial charge in [-0.3, -0.25) is 4.90 Å². The SMILES string of the molecule is COc1cc(Nc2ncnn3ccc(CN4CCC(N)C(O)C4)c23)ccc1F. The van der Waals surface area contributed by atoms with E-state index in [1.165, 1.54) is 19.5 Å². The summed E-state index contributed by atoms with van der Waals surface area (Å²) in [5, 5.41) is 17.5. The Hall–Kier alpha value is -2.75. The van der Waals surface area contributed by atoms with Crippen molar-refractivity contribution in [3.05, 3.63) is 48.2 Å². The molecule has 0 amide bonds. The number of aliphatic hydroxyl groups excluding tert-OH is 1. The number of fused-ring (bicyclic) bond motifs is 1. The van der Waals surface area contributed by atoms with E-state index in [9.17, 15) is 9.50 Å². The van der Waals surface area contributed by atoms with Gasteiger partial charge in [0.25, 0.3) is 0 Å². The lowest BCUT2D eigenvalue weighted by Crippen LogP contribution is -2.50. The van der Waals surface area contributed by atoms with E-state index in [2.05, 4.69) is 20.3 Å². The van der Waals surface area contributed by atoms with Crippen LogP contribution in [0.3, 0.4) is 0 Å². The first-order valence-electron chi connectivity index (χ1n) is 9.13. The fraction of sp³-hybridized carbons (Fsp3) is 0.368. The first-order chi connectivity index (χ1) is 13.5. The van der Waals surface area contributed by atoms with Gasteiger partial charge in [0.05, 0.1) is 13.2 Å². The highest BCUT2D eigenvalue weighted by Crippen LogP contribution is 2.27. The average molecular weight is 386 g/mol. The zero-order chi connectivity index (χ0) is 19.7. The second-order valence-corrected chi connectivity index (χ2v) is 6.97. The molecule has 0 spiro atoms. The maximum Gasteiger partial charge on any atom is 0.165 e. The van der Waals surface area contributed by atoms with Crippen molar-refractivity contribution >= 4 is 17.0 Å². The van der Waals surface area contributed by atoms with Crippen LogP contribution in [0.15, 0.2) is 36.8 Å². The molecule has 3 heterocycles. The standard InChI is InChI=1S/C19H23FN6O2/c1-28-17-8-13(2-3-14(17)20)24-19-18-12(4-7-26(18)23-11-22-19)9-25-6-5-15(21)16(27)10-25/h2-4,7-8,11,15-16,27H,5-6,9-10,21H2,1H3,(H,22,23,24). The van der Waals surface area contributed by atoms with E-state index in [1.807, 2.05) is 12.3 Å². The summed E-state index contributed by atoms with van der Waals surface area (Å²) in [6.07, 6.45) is 3.56. The Balaban J connectivity index is 1.62. The second-order valence-electron chi connectivity index (χ2n) is 6.97. The lowest BCUT2D eigenvalue weighted by Gasteiger charge is -2.33. The summed E-state index contributed by atoms with van der Waals surface area (Å²) in [6.45, 7) is 2.00. The molecule has 1 aliphatic heterocycles. The Labute approximate surface area is 161 Å². The zero-order valence-corrected chi connectivity index (χ0v) is 15.5. The van der Waals surface area contributed by atoms with Gasteiger partial charge in [-0.1, -0.05) is 0 Å². The van der Waals surface area contributed by atoms with Gasteiger partial charge in [-0.05, 0) is 30.2 Å². The minimum Gasteiger partial charge on any atom is -0.494 e. The van der Waals surface area contributed by atoms with Gasteiger partial charge < -0.3 is 20.9 Å². The highest BCUT2D eigenvalue weighted by Gasteiger charge is 2.25. The van der Waals surface area contributed by atoms with Gasteiger partial charge in [-0.25, -0.2) is 13.9 Å². The van der Waals surface area contributed by atoms with E-state index in [4.69, 9.17) is 10.5 Å².